The summed E-state index contributed by atoms with van der Waals surface area (Å²) in [5.74, 6) is 1.18. The number of imidazole rings is 1. The first-order valence-corrected chi connectivity index (χ1v) is 11.2. The fourth-order valence-corrected chi connectivity index (χ4v) is 4.56. The van der Waals surface area contributed by atoms with Gasteiger partial charge < -0.3 is 11.1 Å². The highest BCUT2D eigenvalue weighted by Crippen LogP contribution is 2.26. The second kappa shape index (κ2) is 7.88. The molecule has 0 bridgehead atoms. The van der Waals surface area contributed by atoms with Crippen LogP contribution < -0.4 is 11.1 Å². The Balaban J connectivity index is 1.79. The Morgan fingerprint density at radius 2 is 2.00 bits per heavy atom. The molecule has 4 aromatic rings. The van der Waals surface area contributed by atoms with Crippen LogP contribution >= 0.6 is 0 Å². The van der Waals surface area contributed by atoms with E-state index in [4.69, 9.17) is 10.7 Å². The number of sulfone groups is 1. The molecular formula is C20H23N7O2S. The van der Waals surface area contributed by atoms with Crippen molar-refractivity contribution in [1.29, 1.82) is 0 Å². The second-order valence-electron chi connectivity index (χ2n) is 7.13. The molecule has 0 saturated heterocycles. The van der Waals surface area contributed by atoms with E-state index in [1.165, 1.54) is 0 Å². The first-order chi connectivity index (χ1) is 14.4. The lowest BCUT2D eigenvalue weighted by molar-refractivity contribution is 0.593. The average Bonchev–Trinajstić information content (AvgIpc) is 3.31. The first-order valence-electron chi connectivity index (χ1n) is 9.55. The van der Waals surface area contributed by atoms with Crippen LogP contribution in [0.3, 0.4) is 0 Å². The molecule has 9 nitrogen and oxygen atoms in total. The number of hydrogen-bond donors (Lipinski definition) is 3. The first kappa shape index (κ1) is 20.0. The van der Waals surface area contributed by atoms with Crippen molar-refractivity contribution >= 4 is 27.3 Å². The fourth-order valence-electron chi connectivity index (χ4n) is 3.18. The maximum Gasteiger partial charge on any atom is 0.215 e. The lowest BCUT2D eigenvalue weighted by Crippen LogP contribution is -2.11. The lowest BCUT2D eigenvalue weighted by atomic mass is 10.1. The summed E-state index contributed by atoms with van der Waals surface area (Å²) in [4.78, 5) is 9.52. The normalized spacial score (nSPS) is 11.8. The number of aromatic amines is 1. The number of aromatic nitrogens is 5. The van der Waals surface area contributed by atoms with Gasteiger partial charge in [-0.05, 0) is 38.9 Å². The molecule has 4 N–H and O–H groups in total. The molecule has 156 valence electrons. The molecule has 30 heavy (non-hydrogen) atoms. The Bertz CT molecular complexity index is 1310. The van der Waals surface area contributed by atoms with Crippen molar-refractivity contribution in [3.8, 4) is 11.3 Å². The fraction of sp³-hybridized carbons (Fsp3) is 0.250. The van der Waals surface area contributed by atoms with Crippen LogP contribution in [0.25, 0.3) is 16.9 Å². The topological polar surface area (TPSA) is 131 Å². The molecule has 0 spiro atoms. The molecule has 0 saturated carbocycles. The van der Waals surface area contributed by atoms with Gasteiger partial charge in [-0.3, -0.25) is 9.50 Å². The summed E-state index contributed by atoms with van der Waals surface area (Å²) in [5, 5.41) is 10.3. The van der Waals surface area contributed by atoms with Crippen molar-refractivity contribution in [2.24, 2.45) is 5.73 Å². The van der Waals surface area contributed by atoms with Gasteiger partial charge in [0.15, 0.2) is 15.7 Å². The van der Waals surface area contributed by atoms with Gasteiger partial charge >= 0.3 is 0 Å². The molecule has 0 aliphatic heterocycles. The molecule has 0 atom stereocenters. The molecule has 3 heterocycles. The number of benzene rings is 1. The van der Waals surface area contributed by atoms with Crippen LogP contribution in [0.5, 0.6) is 0 Å². The predicted octanol–water partition coefficient (Wildman–Crippen LogP) is 2.60. The minimum absolute atomic E-state index is 0.0180. The second-order valence-corrected chi connectivity index (χ2v) is 9.23. The molecule has 1 aromatic carbocycles. The molecule has 4 rings (SSSR count). The number of nitrogens with two attached hydrogens (primary N) is 1. The minimum atomic E-state index is -3.41. The van der Waals surface area contributed by atoms with Gasteiger partial charge in [0.25, 0.3) is 0 Å². The highest BCUT2D eigenvalue weighted by Gasteiger charge is 2.16. The summed E-state index contributed by atoms with van der Waals surface area (Å²) in [6, 6.07) is 10.5. The summed E-state index contributed by atoms with van der Waals surface area (Å²) in [6.45, 7) is 4.15. The molecule has 10 heteroatoms. The van der Waals surface area contributed by atoms with E-state index >= 15 is 0 Å². The Morgan fingerprint density at radius 3 is 2.73 bits per heavy atom. The zero-order valence-corrected chi connectivity index (χ0v) is 17.6. The van der Waals surface area contributed by atoms with Gasteiger partial charge in [0, 0.05) is 29.6 Å². The Kier molecular flexibility index (Phi) is 5.27. The van der Waals surface area contributed by atoms with Crippen LogP contribution in [0.2, 0.25) is 0 Å². The number of aryl methyl sites for hydroxylation is 2. The quantitative estimate of drug-likeness (QED) is 0.415. The largest absolute Gasteiger partial charge is 0.330 e. The Labute approximate surface area is 174 Å². The van der Waals surface area contributed by atoms with E-state index in [0.29, 0.717) is 41.6 Å². The number of anilines is 2. The molecule has 0 aliphatic carbocycles. The van der Waals surface area contributed by atoms with E-state index in [1.54, 1.807) is 18.2 Å². The number of fused-ring (bicyclic) bond motifs is 1. The Hall–Kier alpha value is -3.24. The third-order valence-electron chi connectivity index (χ3n) is 4.63. The zero-order chi connectivity index (χ0) is 21.3. The maximum atomic E-state index is 12.6. The highest BCUT2D eigenvalue weighted by atomic mass is 32.2. The van der Waals surface area contributed by atoms with Gasteiger partial charge in [0.1, 0.15) is 5.65 Å². The zero-order valence-electron chi connectivity index (χ0n) is 16.8. The summed E-state index contributed by atoms with van der Waals surface area (Å²) < 4.78 is 27.0. The number of hydrogen-bond acceptors (Lipinski definition) is 7. The van der Waals surface area contributed by atoms with E-state index in [-0.39, 0.29) is 10.6 Å². The van der Waals surface area contributed by atoms with Crippen molar-refractivity contribution in [3.63, 3.8) is 0 Å². The van der Waals surface area contributed by atoms with E-state index in [0.717, 1.165) is 11.4 Å². The van der Waals surface area contributed by atoms with Crippen molar-refractivity contribution in [1.82, 2.24) is 24.6 Å². The van der Waals surface area contributed by atoms with Crippen molar-refractivity contribution in [2.75, 3.05) is 17.6 Å². The van der Waals surface area contributed by atoms with E-state index in [1.807, 2.05) is 42.6 Å². The smallest absolute Gasteiger partial charge is 0.215 e. The van der Waals surface area contributed by atoms with E-state index in [2.05, 4.69) is 20.5 Å². The van der Waals surface area contributed by atoms with Gasteiger partial charge in [-0.2, -0.15) is 5.10 Å². The van der Waals surface area contributed by atoms with Crippen LogP contribution in [0.15, 0.2) is 47.5 Å². The SMILES string of the molecule is Cc1cn2c(Nc3cc(C)[nH]n3)nc(-c3cccc(S(=O)(=O)CCCN)c3)cc2n1. The number of nitrogens with one attached hydrogen (secondary N) is 2. The van der Waals surface area contributed by atoms with Crippen LogP contribution in [-0.2, 0) is 9.84 Å². The third-order valence-corrected chi connectivity index (χ3v) is 6.42. The van der Waals surface area contributed by atoms with Gasteiger partial charge in [-0.15, -0.1) is 0 Å². The lowest BCUT2D eigenvalue weighted by Gasteiger charge is -2.10. The molecule has 3 aromatic heterocycles. The van der Waals surface area contributed by atoms with Crippen LogP contribution in [0, 0.1) is 13.8 Å². The van der Waals surface area contributed by atoms with E-state index in [9.17, 15) is 8.42 Å². The van der Waals surface area contributed by atoms with Crippen molar-refractivity contribution < 1.29 is 8.42 Å². The summed E-state index contributed by atoms with van der Waals surface area (Å²) >= 11 is 0. The monoisotopic (exact) mass is 425 g/mol. The van der Waals surface area contributed by atoms with Gasteiger partial charge in [-0.1, -0.05) is 12.1 Å². The molecule has 0 amide bonds. The molecule has 0 aliphatic rings. The molecule has 0 fully saturated rings. The van der Waals surface area contributed by atoms with Gasteiger partial charge in [0.05, 0.1) is 22.0 Å². The van der Waals surface area contributed by atoms with Gasteiger partial charge in [-0.25, -0.2) is 18.4 Å². The minimum Gasteiger partial charge on any atom is -0.330 e. The number of nitrogens with zero attached hydrogens (tertiary/aromatic N) is 4. The van der Waals surface area contributed by atoms with Crippen molar-refractivity contribution in [3.05, 3.63) is 54.0 Å². The molecular weight excluding hydrogens is 402 g/mol. The van der Waals surface area contributed by atoms with Gasteiger partial charge in [0.2, 0.25) is 5.95 Å². The Morgan fingerprint density at radius 1 is 1.17 bits per heavy atom. The highest BCUT2D eigenvalue weighted by molar-refractivity contribution is 7.91. The maximum absolute atomic E-state index is 12.6. The molecule has 0 unspecified atom stereocenters. The third kappa shape index (κ3) is 4.05. The summed E-state index contributed by atoms with van der Waals surface area (Å²) in [6.07, 6.45) is 2.29. The summed E-state index contributed by atoms with van der Waals surface area (Å²) in [5.41, 5.74) is 9.23. The predicted molar refractivity (Wildman–Crippen MR) is 115 cm³/mol. The van der Waals surface area contributed by atoms with E-state index < -0.39 is 9.84 Å². The molecule has 0 radical (unpaired) electrons. The van der Waals surface area contributed by atoms with Crippen LogP contribution in [-0.4, -0.2) is 45.3 Å². The number of H-pyrrole nitrogens is 1. The van der Waals surface area contributed by atoms with Crippen molar-refractivity contribution in [2.45, 2.75) is 25.2 Å². The number of rotatable bonds is 7. The van der Waals surface area contributed by atoms with Crippen LogP contribution in [0.4, 0.5) is 11.8 Å². The standard InChI is InChI=1S/C20H23N7O2S/c1-13-9-18(26-25-13)24-20-23-17(11-19-22-14(2)12-27(19)20)15-5-3-6-16(10-15)30(28,29)8-4-7-21/h3,5-6,9-12H,4,7-8,21H2,1-2H3,(H2,23,24,25,26). The average molecular weight is 426 g/mol. The van der Waals surface area contributed by atoms with Crippen LogP contribution in [0.1, 0.15) is 17.8 Å². The summed E-state index contributed by atoms with van der Waals surface area (Å²) in [7, 11) is -3.41.